The summed E-state index contributed by atoms with van der Waals surface area (Å²) in [5, 5.41) is 10.5. The van der Waals surface area contributed by atoms with E-state index in [9.17, 15) is 5.11 Å². The lowest BCUT2D eigenvalue weighted by Gasteiger charge is -2.23. The summed E-state index contributed by atoms with van der Waals surface area (Å²) >= 11 is 2.02. The molecule has 0 saturated carbocycles. The van der Waals surface area contributed by atoms with Crippen LogP contribution in [-0.4, -0.2) is 41.5 Å². The number of hydrogen-bond donors (Lipinski definition) is 2. The first-order chi connectivity index (χ1) is 7.14. The molecule has 0 aromatic heterocycles. The van der Waals surface area contributed by atoms with Crippen molar-refractivity contribution in [1.29, 1.82) is 0 Å². The van der Waals surface area contributed by atoms with Crippen molar-refractivity contribution in [2.75, 3.05) is 25.5 Å². The first-order valence-electron chi connectivity index (χ1n) is 5.76. The molecule has 1 atom stereocenters. The molecule has 1 aliphatic rings. The number of rotatable bonds is 6. The summed E-state index contributed by atoms with van der Waals surface area (Å²) in [7, 11) is 0. The molecule has 3 nitrogen and oxygen atoms in total. The van der Waals surface area contributed by atoms with Crippen LogP contribution in [0, 0.1) is 0 Å². The summed E-state index contributed by atoms with van der Waals surface area (Å²) in [5.41, 5.74) is 4.79. The van der Waals surface area contributed by atoms with Crippen LogP contribution in [0.3, 0.4) is 0 Å². The highest BCUT2D eigenvalue weighted by molar-refractivity contribution is 7.99. The highest BCUT2D eigenvalue weighted by Gasteiger charge is 2.18. The number of hydrogen-bond acceptors (Lipinski definition) is 4. The van der Waals surface area contributed by atoms with E-state index in [4.69, 9.17) is 10.5 Å². The van der Waals surface area contributed by atoms with Gasteiger partial charge in [-0.05, 0) is 38.4 Å². The van der Waals surface area contributed by atoms with Gasteiger partial charge >= 0.3 is 0 Å². The highest BCUT2D eigenvalue weighted by Crippen LogP contribution is 2.24. The molecule has 1 rings (SSSR count). The molecule has 1 fully saturated rings. The molecule has 0 amide bonds. The lowest BCUT2D eigenvalue weighted by molar-refractivity contribution is 0.0595. The topological polar surface area (TPSA) is 55.5 Å². The number of ether oxygens (including phenoxy) is 1. The van der Waals surface area contributed by atoms with Gasteiger partial charge in [0, 0.05) is 25.0 Å². The molecule has 0 spiro atoms. The van der Waals surface area contributed by atoms with E-state index in [1.807, 2.05) is 18.7 Å². The quantitative estimate of drug-likeness (QED) is 0.681. The van der Waals surface area contributed by atoms with Gasteiger partial charge in [-0.15, -0.1) is 0 Å². The molecule has 0 aliphatic carbocycles. The van der Waals surface area contributed by atoms with E-state index in [1.54, 1.807) is 0 Å². The largest absolute Gasteiger partial charge is 0.389 e. The zero-order chi connectivity index (χ0) is 11.1. The molecule has 1 unspecified atom stereocenters. The predicted molar refractivity (Wildman–Crippen MR) is 65.2 cm³/mol. The molecule has 3 N–H and O–H groups in total. The SMILES string of the molecule is CC(O)(CN)CCCSC1CCOCC1. The molecule has 4 heteroatoms. The van der Waals surface area contributed by atoms with Crippen LogP contribution in [-0.2, 0) is 4.74 Å². The van der Waals surface area contributed by atoms with E-state index in [0.717, 1.165) is 37.1 Å². The molecule has 0 aromatic carbocycles. The Kier molecular flexibility index (Phi) is 5.97. The number of aliphatic hydroxyl groups is 1. The van der Waals surface area contributed by atoms with E-state index >= 15 is 0 Å². The Labute approximate surface area is 96.8 Å². The molecule has 0 aromatic rings. The third kappa shape index (κ3) is 5.76. The molecule has 1 aliphatic heterocycles. The maximum atomic E-state index is 9.71. The first-order valence-corrected chi connectivity index (χ1v) is 6.81. The molecule has 0 bridgehead atoms. The number of thioether (sulfide) groups is 1. The predicted octanol–water partition coefficient (Wildman–Crippen LogP) is 1.39. The molecule has 90 valence electrons. The maximum Gasteiger partial charge on any atom is 0.0741 e. The van der Waals surface area contributed by atoms with Crippen molar-refractivity contribution in [3.05, 3.63) is 0 Å². The fraction of sp³-hybridized carbons (Fsp3) is 1.00. The fourth-order valence-corrected chi connectivity index (χ4v) is 2.82. The standard InChI is InChI=1S/C11H23NO2S/c1-11(13,9-12)5-2-8-15-10-3-6-14-7-4-10/h10,13H,2-9,12H2,1H3. The van der Waals surface area contributed by atoms with Crippen LogP contribution >= 0.6 is 11.8 Å². The Balaban J connectivity index is 2.00. The Morgan fingerprint density at radius 3 is 2.73 bits per heavy atom. The minimum Gasteiger partial charge on any atom is -0.389 e. The van der Waals surface area contributed by atoms with E-state index < -0.39 is 5.60 Å². The second-order valence-corrected chi connectivity index (χ2v) is 5.90. The Morgan fingerprint density at radius 1 is 1.47 bits per heavy atom. The van der Waals surface area contributed by atoms with Crippen LogP contribution in [0.2, 0.25) is 0 Å². The van der Waals surface area contributed by atoms with Crippen molar-refractivity contribution in [1.82, 2.24) is 0 Å². The lowest BCUT2D eigenvalue weighted by Crippen LogP contribution is -2.34. The van der Waals surface area contributed by atoms with E-state index in [0.29, 0.717) is 6.54 Å². The molecule has 15 heavy (non-hydrogen) atoms. The minimum absolute atomic E-state index is 0.356. The highest BCUT2D eigenvalue weighted by atomic mass is 32.2. The Morgan fingerprint density at radius 2 is 2.13 bits per heavy atom. The summed E-state index contributed by atoms with van der Waals surface area (Å²) < 4.78 is 5.31. The van der Waals surface area contributed by atoms with Crippen molar-refractivity contribution in [2.45, 2.75) is 43.5 Å². The van der Waals surface area contributed by atoms with Gasteiger partial charge in [-0.1, -0.05) is 0 Å². The van der Waals surface area contributed by atoms with Crippen LogP contribution < -0.4 is 5.73 Å². The molecule has 0 radical (unpaired) electrons. The third-order valence-corrected chi connectivity index (χ3v) is 4.29. The van der Waals surface area contributed by atoms with Crippen molar-refractivity contribution >= 4 is 11.8 Å². The second kappa shape index (κ2) is 6.74. The molecular weight excluding hydrogens is 210 g/mol. The van der Waals surface area contributed by atoms with Crippen LogP contribution in [0.4, 0.5) is 0 Å². The lowest BCUT2D eigenvalue weighted by atomic mass is 10.0. The Hall–Kier alpha value is 0.230. The van der Waals surface area contributed by atoms with Crippen molar-refractivity contribution in [3.8, 4) is 0 Å². The van der Waals surface area contributed by atoms with Gasteiger partial charge in [0.05, 0.1) is 5.60 Å². The van der Waals surface area contributed by atoms with Gasteiger partial charge in [-0.25, -0.2) is 0 Å². The van der Waals surface area contributed by atoms with Crippen LogP contribution in [0.5, 0.6) is 0 Å². The van der Waals surface area contributed by atoms with Crippen LogP contribution in [0.25, 0.3) is 0 Å². The summed E-state index contributed by atoms with van der Waals surface area (Å²) in [4.78, 5) is 0. The van der Waals surface area contributed by atoms with Crippen molar-refractivity contribution in [3.63, 3.8) is 0 Å². The third-order valence-electron chi connectivity index (χ3n) is 2.82. The zero-order valence-corrected chi connectivity index (χ0v) is 10.4. The van der Waals surface area contributed by atoms with Gasteiger partial charge < -0.3 is 15.6 Å². The average molecular weight is 233 g/mol. The normalized spacial score (nSPS) is 22.6. The monoisotopic (exact) mass is 233 g/mol. The zero-order valence-electron chi connectivity index (χ0n) is 9.58. The van der Waals surface area contributed by atoms with E-state index in [-0.39, 0.29) is 0 Å². The number of nitrogens with two attached hydrogens (primary N) is 1. The van der Waals surface area contributed by atoms with Gasteiger partial charge in [-0.3, -0.25) is 0 Å². The smallest absolute Gasteiger partial charge is 0.0741 e. The fourth-order valence-electron chi connectivity index (χ4n) is 1.65. The summed E-state index contributed by atoms with van der Waals surface area (Å²) in [6.07, 6.45) is 4.21. The van der Waals surface area contributed by atoms with Crippen LogP contribution in [0.1, 0.15) is 32.6 Å². The maximum absolute atomic E-state index is 9.71. The average Bonchev–Trinajstić information content (AvgIpc) is 2.26. The van der Waals surface area contributed by atoms with Gasteiger partial charge in [0.2, 0.25) is 0 Å². The van der Waals surface area contributed by atoms with Gasteiger partial charge in [0.1, 0.15) is 0 Å². The van der Waals surface area contributed by atoms with Crippen molar-refractivity contribution < 1.29 is 9.84 Å². The van der Waals surface area contributed by atoms with Gasteiger partial charge in [0.25, 0.3) is 0 Å². The molecule has 1 heterocycles. The minimum atomic E-state index is -0.670. The van der Waals surface area contributed by atoms with Gasteiger partial charge in [-0.2, -0.15) is 11.8 Å². The van der Waals surface area contributed by atoms with Crippen molar-refractivity contribution in [2.24, 2.45) is 5.73 Å². The Bertz CT molecular complexity index is 170. The van der Waals surface area contributed by atoms with E-state index in [2.05, 4.69) is 0 Å². The van der Waals surface area contributed by atoms with Crippen LogP contribution in [0.15, 0.2) is 0 Å². The summed E-state index contributed by atoms with van der Waals surface area (Å²) in [5.74, 6) is 1.13. The molecule has 1 saturated heterocycles. The summed E-state index contributed by atoms with van der Waals surface area (Å²) in [6, 6.07) is 0. The summed E-state index contributed by atoms with van der Waals surface area (Å²) in [6.45, 7) is 4.00. The second-order valence-electron chi connectivity index (χ2n) is 4.49. The first kappa shape index (κ1) is 13.3. The van der Waals surface area contributed by atoms with Gasteiger partial charge in [0.15, 0.2) is 0 Å². The van der Waals surface area contributed by atoms with E-state index in [1.165, 1.54) is 12.8 Å². The molecular formula is C11H23NO2S.